The minimum atomic E-state index is -2.95. The van der Waals surface area contributed by atoms with Crippen molar-refractivity contribution in [3.8, 4) is 28.7 Å². The SMILES string of the molecule is COc1ccc(CCNC(=O)Cc2cc(OC)c(OC)c(OC)c2)cc1OC(F)F. The molecule has 0 spiro atoms. The molecular weight excluding hydrogens is 400 g/mol. The van der Waals surface area contributed by atoms with Gasteiger partial charge in [0.25, 0.3) is 0 Å². The van der Waals surface area contributed by atoms with Crippen LogP contribution in [0.15, 0.2) is 30.3 Å². The fourth-order valence-electron chi connectivity index (χ4n) is 2.90. The third-order valence-electron chi connectivity index (χ3n) is 4.27. The lowest BCUT2D eigenvalue weighted by Gasteiger charge is -2.14. The Morgan fingerprint density at radius 2 is 1.47 bits per heavy atom. The maximum Gasteiger partial charge on any atom is 0.387 e. The van der Waals surface area contributed by atoms with Crippen molar-refractivity contribution in [2.75, 3.05) is 35.0 Å². The summed E-state index contributed by atoms with van der Waals surface area (Å²) in [6, 6.07) is 8.15. The maximum absolute atomic E-state index is 12.5. The van der Waals surface area contributed by atoms with Crippen LogP contribution in [0.5, 0.6) is 28.7 Å². The Morgan fingerprint density at radius 3 is 2.00 bits per heavy atom. The quantitative estimate of drug-likeness (QED) is 0.596. The molecule has 164 valence electrons. The van der Waals surface area contributed by atoms with E-state index >= 15 is 0 Å². The number of alkyl halides is 2. The highest BCUT2D eigenvalue weighted by Crippen LogP contribution is 2.38. The zero-order valence-corrected chi connectivity index (χ0v) is 17.3. The number of carbonyl (C=O) groups excluding carboxylic acids is 1. The minimum absolute atomic E-state index is 0.0475. The van der Waals surface area contributed by atoms with Gasteiger partial charge in [0.15, 0.2) is 23.0 Å². The fraction of sp³-hybridized carbons (Fsp3) is 0.381. The second-order valence-electron chi connectivity index (χ2n) is 6.17. The Kier molecular flexibility index (Phi) is 8.52. The molecule has 0 saturated heterocycles. The molecule has 9 heteroatoms. The first-order valence-electron chi connectivity index (χ1n) is 9.09. The first-order valence-corrected chi connectivity index (χ1v) is 9.09. The normalized spacial score (nSPS) is 10.5. The number of methoxy groups -OCH3 is 4. The average molecular weight is 425 g/mol. The molecule has 0 aliphatic carbocycles. The van der Waals surface area contributed by atoms with E-state index in [0.717, 1.165) is 5.56 Å². The van der Waals surface area contributed by atoms with Crippen molar-refractivity contribution in [2.24, 2.45) is 0 Å². The third kappa shape index (κ3) is 6.13. The lowest BCUT2D eigenvalue weighted by atomic mass is 10.1. The molecule has 0 aliphatic rings. The largest absolute Gasteiger partial charge is 0.493 e. The molecule has 2 rings (SSSR count). The number of halogens is 2. The topological polar surface area (TPSA) is 75.3 Å². The van der Waals surface area contributed by atoms with Gasteiger partial charge >= 0.3 is 6.61 Å². The molecular formula is C21H25F2NO6. The zero-order chi connectivity index (χ0) is 22.1. The van der Waals surface area contributed by atoms with Gasteiger partial charge in [0.05, 0.1) is 34.9 Å². The number of carbonyl (C=O) groups is 1. The first kappa shape index (κ1) is 23.1. The van der Waals surface area contributed by atoms with Gasteiger partial charge in [-0.05, 0) is 41.8 Å². The summed E-state index contributed by atoms with van der Waals surface area (Å²) in [5.74, 6) is 1.33. The molecule has 0 heterocycles. The Morgan fingerprint density at radius 1 is 0.867 bits per heavy atom. The molecule has 0 aromatic heterocycles. The van der Waals surface area contributed by atoms with Crippen molar-refractivity contribution < 1.29 is 37.3 Å². The van der Waals surface area contributed by atoms with E-state index in [2.05, 4.69) is 10.1 Å². The van der Waals surface area contributed by atoms with Crippen LogP contribution < -0.4 is 29.0 Å². The summed E-state index contributed by atoms with van der Waals surface area (Å²) in [6.45, 7) is -2.63. The smallest absolute Gasteiger partial charge is 0.387 e. The third-order valence-corrected chi connectivity index (χ3v) is 4.27. The van der Waals surface area contributed by atoms with Gasteiger partial charge in [-0.2, -0.15) is 8.78 Å². The van der Waals surface area contributed by atoms with Crippen LogP contribution in [0.2, 0.25) is 0 Å². The lowest BCUT2D eigenvalue weighted by molar-refractivity contribution is -0.120. The Labute approximate surface area is 173 Å². The lowest BCUT2D eigenvalue weighted by Crippen LogP contribution is -2.27. The summed E-state index contributed by atoms with van der Waals surface area (Å²) >= 11 is 0. The number of hydrogen-bond donors (Lipinski definition) is 1. The van der Waals surface area contributed by atoms with Gasteiger partial charge in [0.2, 0.25) is 11.7 Å². The second-order valence-corrected chi connectivity index (χ2v) is 6.17. The molecule has 2 aromatic rings. The van der Waals surface area contributed by atoms with Crippen LogP contribution in [0.1, 0.15) is 11.1 Å². The van der Waals surface area contributed by atoms with E-state index in [0.29, 0.717) is 35.8 Å². The van der Waals surface area contributed by atoms with Crippen molar-refractivity contribution in [3.05, 3.63) is 41.5 Å². The maximum atomic E-state index is 12.5. The van der Waals surface area contributed by atoms with Crippen LogP contribution in [-0.2, 0) is 17.6 Å². The molecule has 1 N–H and O–H groups in total. The molecule has 0 saturated carbocycles. The molecule has 2 aromatic carbocycles. The molecule has 30 heavy (non-hydrogen) atoms. The van der Waals surface area contributed by atoms with E-state index in [9.17, 15) is 13.6 Å². The Hall–Kier alpha value is -3.23. The van der Waals surface area contributed by atoms with Gasteiger partial charge in [-0.15, -0.1) is 0 Å². The van der Waals surface area contributed by atoms with E-state index in [-0.39, 0.29) is 23.8 Å². The molecule has 7 nitrogen and oxygen atoms in total. The molecule has 0 aliphatic heterocycles. The number of ether oxygens (including phenoxy) is 5. The highest BCUT2D eigenvalue weighted by atomic mass is 19.3. The summed E-state index contributed by atoms with van der Waals surface area (Å²) in [4.78, 5) is 12.3. The van der Waals surface area contributed by atoms with Crippen molar-refractivity contribution in [1.82, 2.24) is 5.32 Å². The standard InChI is InChI=1S/C21H25F2NO6/c1-26-15-6-5-13(9-16(15)30-21(22)23)7-8-24-19(25)12-14-10-17(27-2)20(29-4)18(11-14)28-3/h5-6,9-11,21H,7-8,12H2,1-4H3,(H,24,25). The van der Waals surface area contributed by atoms with Gasteiger partial charge in [0.1, 0.15) is 0 Å². The van der Waals surface area contributed by atoms with E-state index in [1.165, 1.54) is 34.5 Å². The highest BCUT2D eigenvalue weighted by molar-refractivity contribution is 5.79. The van der Waals surface area contributed by atoms with E-state index in [4.69, 9.17) is 18.9 Å². The summed E-state index contributed by atoms with van der Waals surface area (Å²) < 4.78 is 50.4. The van der Waals surface area contributed by atoms with Gasteiger partial charge in [-0.1, -0.05) is 6.07 Å². The number of amides is 1. The van der Waals surface area contributed by atoms with Crippen LogP contribution in [-0.4, -0.2) is 47.5 Å². The predicted octanol–water partition coefficient (Wildman–Crippen LogP) is 3.22. The van der Waals surface area contributed by atoms with Crippen molar-refractivity contribution in [3.63, 3.8) is 0 Å². The number of benzene rings is 2. The van der Waals surface area contributed by atoms with Gasteiger partial charge in [0, 0.05) is 6.54 Å². The van der Waals surface area contributed by atoms with Crippen LogP contribution in [0.4, 0.5) is 8.78 Å². The van der Waals surface area contributed by atoms with Crippen molar-refractivity contribution >= 4 is 5.91 Å². The van der Waals surface area contributed by atoms with E-state index in [1.54, 1.807) is 24.3 Å². The summed E-state index contributed by atoms with van der Waals surface area (Å²) in [5.41, 5.74) is 1.42. The molecule has 0 bridgehead atoms. The van der Waals surface area contributed by atoms with E-state index < -0.39 is 6.61 Å². The molecule has 0 atom stereocenters. The summed E-state index contributed by atoms with van der Waals surface area (Å²) in [5, 5.41) is 2.80. The summed E-state index contributed by atoms with van der Waals surface area (Å²) in [6.07, 6.45) is 0.545. The Balaban J connectivity index is 1.97. The van der Waals surface area contributed by atoms with Gasteiger partial charge in [-0.25, -0.2) is 0 Å². The number of hydrogen-bond acceptors (Lipinski definition) is 6. The molecule has 0 unspecified atom stereocenters. The van der Waals surface area contributed by atoms with Crippen LogP contribution in [0.3, 0.4) is 0 Å². The average Bonchev–Trinajstić information content (AvgIpc) is 2.72. The molecule has 0 fully saturated rings. The van der Waals surface area contributed by atoms with Gasteiger partial charge in [-0.3, -0.25) is 4.79 Å². The number of nitrogens with one attached hydrogen (secondary N) is 1. The zero-order valence-electron chi connectivity index (χ0n) is 17.3. The van der Waals surface area contributed by atoms with Crippen molar-refractivity contribution in [1.29, 1.82) is 0 Å². The van der Waals surface area contributed by atoms with Crippen molar-refractivity contribution in [2.45, 2.75) is 19.5 Å². The Bertz CT molecular complexity index is 834. The van der Waals surface area contributed by atoms with Crippen LogP contribution in [0, 0.1) is 0 Å². The summed E-state index contributed by atoms with van der Waals surface area (Å²) in [7, 11) is 5.88. The fourth-order valence-corrected chi connectivity index (χ4v) is 2.90. The first-order chi connectivity index (χ1) is 14.4. The van der Waals surface area contributed by atoms with Gasteiger partial charge < -0.3 is 29.0 Å². The predicted molar refractivity (Wildman–Crippen MR) is 106 cm³/mol. The number of rotatable bonds is 11. The molecule has 1 amide bonds. The van der Waals surface area contributed by atoms with E-state index in [1.807, 2.05) is 0 Å². The second kappa shape index (κ2) is 11.1. The minimum Gasteiger partial charge on any atom is -0.493 e. The monoisotopic (exact) mass is 425 g/mol. The van der Waals surface area contributed by atoms with Crippen LogP contribution >= 0.6 is 0 Å². The highest BCUT2D eigenvalue weighted by Gasteiger charge is 2.15. The molecule has 0 radical (unpaired) electrons. The van der Waals surface area contributed by atoms with Crippen LogP contribution in [0.25, 0.3) is 0 Å².